The van der Waals surface area contributed by atoms with Crippen molar-refractivity contribution < 1.29 is 32.3 Å². The Bertz CT molecular complexity index is 1160. The summed E-state index contributed by atoms with van der Waals surface area (Å²) in [6.07, 6.45) is -3.58. The van der Waals surface area contributed by atoms with Crippen molar-refractivity contribution in [3.05, 3.63) is 63.7 Å². The number of nitrogens with one attached hydrogen (secondary N) is 3. The van der Waals surface area contributed by atoms with E-state index < -0.39 is 28.8 Å². The highest BCUT2D eigenvalue weighted by atomic mass is 35.5. The highest BCUT2D eigenvalue weighted by Crippen LogP contribution is 2.35. The van der Waals surface area contributed by atoms with Crippen LogP contribution < -0.4 is 16.0 Å². The molecule has 2 aromatic rings. The number of hydrogen-bond donors (Lipinski definition) is 3. The molecule has 1 atom stereocenters. The topological polar surface area (TPSA) is 108 Å². The third kappa shape index (κ3) is 6.10. The first-order valence-corrected chi connectivity index (χ1v) is 10.9. The van der Waals surface area contributed by atoms with Crippen LogP contribution in [0.5, 0.6) is 0 Å². The van der Waals surface area contributed by atoms with E-state index in [4.69, 9.17) is 11.6 Å². The molecule has 8 nitrogen and oxygen atoms in total. The molecule has 0 fully saturated rings. The van der Waals surface area contributed by atoms with Gasteiger partial charge in [0.1, 0.15) is 12.3 Å². The first-order chi connectivity index (χ1) is 16.5. The Morgan fingerprint density at radius 1 is 1.20 bits per heavy atom. The number of urea groups is 1. The van der Waals surface area contributed by atoms with Gasteiger partial charge in [0.25, 0.3) is 5.91 Å². The van der Waals surface area contributed by atoms with Crippen LogP contribution in [0.4, 0.5) is 23.7 Å². The molecular formula is C23H22ClF3N4O4. The van der Waals surface area contributed by atoms with Crippen LogP contribution in [-0.4, -0.2) is 42.1 Å². The number of carbonyl (C=O) groups excluding carboxylic acids is 4. The van der Waals surface area contributed by atoms with Crippen molar-refractivity contribution in [3.8, 4) is 0 Å². The van der Waals surface area contributed by atoms with Gasteiger partial charge >= 0.3 is 12.2 Å². The predicted octanol–water partition coefficient (Wildman–Crippen LogP) is 3.73. The van der Waals surface area contributed by atoms with E-state index in [9.17, 15) is 32.3 Å². The number of hydrogen-bond acceptors (Lipinski definition) is 4. The Morgan fingerprint density at radius 2 is 1.94 bits per heavy atom. The monoisotopic (exact) mass is 510 g/mol. The number of anilines is 1. The van der Waals surface area contributed by atoms with Crippen molar-refractivity contribution in [1.29, 1.82) is 0 Å². The van der Waals surface area contributed by atoms with Gasteiger partial charge in [-0.2, -0.15) is 13.2 Å². The highest BCUT2D eigenvalue weighted by Gasteiger charge is 2.36. The SMILES string of the molecule is CNC(=O)C(CCC=O)N1Cc2cc(CNC(=O)Nc3ccc(C(F)(F)F)c(Cl)c3)ccc2C1=O. The van der Waals surface area contributed by atoms with Gasteiger partial charge in [-0.1, -0.05) is 23.7 Å². The van der Waals surface area contributed by atoms with Crippen LogP contribution in [0.15, 0.2) is 36.4 Å². The molecule has 0 aliphatic carbocycles. The zero-order chi connectivity index (χ0) is 25.8. The molecule has 1 heterocycles. The average Bonchev–Trinajstić information content (AvgIpc) is 3.12. The molecule has 4 amide bonds. The highest BCUT2D eigenvalue weighted by molar-refractivity contribution is 6.31. The summed E-state index contributed by atoms with van der Waals surface area (Å²) in [5.74, 6) is -0.689. The fourth-order valence-corrected chi connectivity index (χ4v) is 4.05. The minimum absolute atomic E-state index is 0.0751. The van der Waals surface area contributed by atoms with E-state index >= 15 is 0 Å². The third-order valence-corrected chi connectivity index (χ3v) is 5.78. The smallest absolute Gasteiger partial charge is 0.357 e. The zero-order valence-electron chi connectivity index (χ0n) is 18.5. The number of halogens is 4. The zero-order valence-corrected chi connectivity index (χ0v) is 19.3. The molecule has 1 unspecified atom stereocenters. The van der Waals surface area contributed by atoms with E-state index in [1.165, 1.54) is 11.9 Å². The molecular weight excluding hydrogens is 489 g/mol. The maximum atomic E-state index is 12.8. The lowest BCUT2D eigenvalue weighted by Crippen LogP contribution is -2.46. The first-order valence-electron chi connectivity index (χ1n) is 10.5. The maximum absolute atomic E-state index is 12.8. The molecule has 0 saturated heterocycles. The van der Waals surface area contributed by atoms with E-state index in [2.05, 4.69) is 16.0 Å². The van der Waals surface area contributed by atoms with Gasteiger partial charge in [0.15, 0.2) is 0 Å². The molecule has 3 N–H and O–H groups in total. The number of fused-ring (bicyclic) bond motifs is 1. The normalized spacial score (nSPS) is 13.7. The molecule has 0 saturated carbocycles. The molecule has 0 spiro atoms. The lowest BCUT2D eigenvalue weighted by Gasteiger charge is -2.25. The number of benzene rings is 2. The minimum Gasteiger partial charge on any atom is -0.357 e. The van der Waals surface area contributed by atoms with Gasteiger partial charge < -0.3 is 25.6 Å². The van der Waals surface area contributed by atoms with E-state index in [-0.39, 0.29) is 43.4 Å². The van der Waals surface area contributed by atoms with Crippen LogP contribution in [0.1, 0.15) is 39.9 Å². The Kier molecular flexibility index (Phi) is 8.00. The van der Waals surface area contributed by atoms with Crippen LogP contribution >= 0.6 is 11.6 Å². The van der Waals surface area contributed by atoms with Crippen LogP contribution in [0.25, 0.3) is 0 Å². The van der Waals surface area contributed by atoms with Crippen LogP contribution in [-0.2, 0) is 28.9 Å². The fraction of sp³-hybridized carbons (Fsp3) is 0.304. The molecule has 0 radical (unpaired) electrons. The standard InChI is InChI=1S/C23H22ClF3N4O4/c1-28-20(33)19(3-2-8-32)31-12-14-9-13(4-6-16(14)21(31)34)11-29-22(35)30-15-5-7-17(18(24)10-15)23(25,26)27/h4-10,19H,2-3,11-12H2,1H3,(H,28,33)(H2,29,30,35). The second kappa shape index (κ2) is 10.8. The maximum Gasteiger partial charge on any atom is 0.417 e. The van der Waals surface area contributed by atoms with Gasteiger partial charge in [-0.15, -0.1) is 0 Å². The lowest BCUT2D eigenvalue weighted by molar-refractivity contribution is -0.137. The van der Waals surface area contributed by atoms with Crippen LogP contribution in [0, 0.1) is 0 Å². The number of nitrogens with zero attached hydrogens (tertiary/aromatic N) is 1. The summed E-state index contributed by atoms with van der Waals surface area (Å²) in [6.45, 7) is 0.251. The largest absolute Gasteiger partial charge is 0.417 e. The summed E-state index contributed by atoms with van der Waals surface area (Å²) in [7, 11) is 1.46. The van der Waals surface area contributed by atoms with Gasteiger partial charge in [0, 0.05) is 37.8 Å². The number of aldehydes is 1. The Hall–Kier alpha value is -3.60. The van der Waals surface area contributed by atoms with E-state index in [1.807, 2.05) is 0 Å². The summed E-state index contributed by atoms with van der Waals surface area (Å²) in [4.78, 5) is 49.4. The molecule has 3 rings (SSSR count). The van der Waals surface area contributed by atoms with Crippen LogP contribution in [0.2, 0.25) is 5.02 Å². The summed E-state index contributed by atoms with van der Waals surface area (Å²) in [5, 5.41) is 6.97. The molecule has 12 heteroatoms. The van der Waals surface area contributed by atoms with Gasteiger partial charge in [0.05, 0.1) is 10.6 Å². The molecule has 1 aliphatic heterocycles. The van der Waals surface area contributed by atoms with Crippen molar-refractivity contribution >= 4 is 41.4 Å². The Labute approximate surface area is 203 Å². The van der Waals surface area contributed by atoms with Crippen molar-refractivity contribution in [2.45, 2.75) is 38.1 Å². The molecule has 35 heavy (non-hydrogen) atoms. The number of amides is 4. The second-order valence-corrected chi connectivity index (χ2v) is 8.21. The van der Waals surface area contributed by atoms with Crippen molar-refractivity contribution in [2.75, 3.05) is 12.4 Å². The number of rotatable bonds is 8. The fourth-order valence-electron chi connectivity index (χ4n) is 3.76. The molecule has 1 aliphatic rings. The Morgan fingerprint density at radius 3 is 2.57 bits per heavy atom. The number of likely N-dealkylation sites (N-methyl/N-ethyl adjacent to an activating group) is 1. The molecule has 2 aromatic carbocycles. The molecule has 186 valence electrons. The first kappa shape index (κ1) is 26.0. The van der Waals surface area contributed by atoms with E-state index in [0.717, 1.165) is 18.2 Å². The second-order valence-electron chi connectivity index (χ2n) is 7.80. The van der Waals surface area contributed by atoms with Gasteiger partial charge in [-0.3, -0.25) is 9.59 Å². The lowest BCUT2D eigenvalue weighted by atomic mass is 10.1. The average molecular weight is 511 g/mol. The molecule has 0 bridgehead atoms. The van der Waals surface area contributed by atoms with Gasteiger partial charge in [-0.05, 0) is 41.8 Å². The van der Waals surface area contributed by atoms with Gasteiger partial charge in [0.2, 0.25) is 5.91 Å². The Balaban J connectivity index is 1.63. The molecule has 0 aromatic heterocycles. The summed E-state index contributed by atoms with van der Waals surface area (Å²) < 4.78 is 38.4. The number of alkyl halides is 3. The van der Waals surface area contributed by atoms with Gasteiger partial charge in [-0.25, -0.2) is 4.79 Å². The quantitative estimate of drug-likeness (QED) is 0.470. The van der Waals surface area contributed by atoms with Crippen molar-refractivity contribution in [2.24, 2.45) is 0 Å². The predicted molar refractivity (Wildman–Crippen MR) is 122 cm³/mol. The van der Waals surface area contributed by atoms with E-state index in [1.54, 1.807) is 18.2 Å². The minimum atomic E-state index is -4.60. The third-order valence-electron chi connectivity index (χ3n) is 5.47. The summed E-state index contributed by atoms with van der Waals surface area (Å²) in [5.41, 5.74) is 0.855. The van der Waals surface area contributed by atoms with E-state index in [0.29, 0.717) is 23.0 Å². The summed E-state index contributed by atoms with van der Waals surface area (Å²) in [6, 6.07) is 6.41. The number of carbonyl (C=O) groups is 4. The van der Waals surface area contributed by atoms with Crippen molar-refractivity contribution in [1.82, 2.24) is 15.5 Å². The van der Waals surface area contributed by atoms with Crippen molar-refractivity contribution in [3.63, 3.8) is 0 Å². The summed E-state index contributed by atoms with van der Waals surface area (Å²) >= 11 is 5.66. The van der Waals surface area contributed by atoms with Crippen LogP contribution in [0.3, 0.4) is 0 Å².